The molecule has 0 aromatic heterocycles. The van der Waals surface area contributed by atoms with E-state index in [1.54, 1.807) is 7.11 Å². The lowest BCUT2D eigenvalue weighted by Crippen LogP contribution is -2.41. The van der Waals surface area contributed by atoms with Gasteiger partial charge in [-0.05, 0) is 49.1 Å². The van der Waals surface area contributed by atoms with E-state index in [0.29, 0.717) is 0 Å². The number of methoxy groups -OCH3 is 1. The molecule has 2 rings (SSSR count). The van der Waals surface area contributed by atoms with Crippen molar-refractivity contribution < 1.29 is 9.84 Å². The number of nitrogens with one attached hydrogen (secondary N) is 1. The van der Waals surface area contributed by atoms with Crippen LogP contribution in [0.3, 0.4) is 0 Å². The van der Waals surface area contributed by atoms with Crippen molar-refractivity contribution in [3.05, 3.63) is 29.3 Å². The first kappa shape index (κ1) is 12.4. The number of aliphatic hydroxyl groups is 1. The minimum absolute atomic E-state index is 0.0621. The lowest BCUT2D eigenvalue weighted by molar-refractivity contribution is 0.210. The zero-order valence-corrected chi connectivity index (χ0v) is 10.6. The highest BCUT2D eigenvalue weighted by Crippen LogP contribution is 2.40. The van der Waals surface area contributed by atoms with Crippen LogP contribution in [0.4, 0.5) is 0 Å². The van der Waals surface area contributed by atoms with Crippen LogP contribution in [0.15, 0.2) is 18.2 Å². The molecule has 1 aromatic carbocycles. The van der Waals surface area contributed by atoms with Crippen LogP contribution < -0.4 is 10.1 Å². The van der Waals surface area contributed by atoms with E-state index in [4.69, 9.17) is 4.74 Å². The van der Waals surface area contributed by atoms with Crippen molar-refractivity contribution in [3.8, 4) is 5.75 Å². The summed E-state index contributed by atoms with van der Waals surface area (Å²) in [5.74, 6) is 0.894. The Balaban J connectivity index is 2.39. The number of benzene rings is 1. The Kier molecular flexibility index (Phi) is 3.69. The van der Waals surface area contributed by atoms with Crippen LogP contribution in [-0.4, -0.2) is 25.4 Å². The number of aryl methyl sites for hydroxylation is 1. The van der Waals surface area contributed by atoms with Gasteiger partial charge in [0.05, 0.1) is 7.11 Å². The van der Waals surface area contributed by atoms with Gasteiger partial charge in [0.1, 0.15) is 5.75 Å². The Morgan fingerprint density at radius 3 is 2.94 bits per heavy atom. The summed E-state index contributed by atoms with van der Waals surface area (Å²) in [5.41, 5.74) is 2.61. The van der Waals surface area contributed by atoms with Crippen LogP contribution in [-0.2, 0) is 12.0 Å². The molecule has 1 atom stereocenters. The maximum atomic E-state index is 9.30. The van der Waals surface area contributed by atoms with E-state index >= 15 is 0 Å². The van der Waals surface area contributed by atoms with Gasteiger partial charge in [0.2, 0.25) is 0 Å². The van der Waals surface area contributed by atoms with E-state index in [9.17, 15) is 5.11 Å². The van der Waals surface area contributed by atoms with Gasteiger partial charge in [0.25, 0.3) is 0 Å². The second kappa shape index (κ2) is 5.07. The third kappa shape index (κ3) is 2.17. The fourth-order valence-corrected chi connectivity index (χ4v) is 2.89. The van der Waals surface area contributed by atoms with Gasteiger partial charge in [0.15, 0.2) is 0 Å². The predicted molar refractivity (Wildman–Crippen MR) is 68.4 cm³/mol. The Morgan fingerprint density at radius 1 is 1.47 bits per heavy atom. The molecule has 3 heteroatoms. The van der Waals surface area contributed by atoms with E-state index < -0.39 is 0 Å². The van der Waals surface area contributed by atoms with E-state index in [1.165, 1.54) is 11.1 Å². The van der Waals surface area contributed by atoms with Crippen molar-refractivity contribution in [2.24, 2.45) is 0 Å². The number of hydrogen-bond acceptors (Lipinski definition) is 3. The summed E-state index contributed by atoms with van der Waals surface area (Å²) in [7, 11) is 1.69. The van der Waals surface area contributed by atoms with Crippen LogP contribution in [0.5, 0.6) is 5.75 Å². The van der Waals surface area contributed by atoms with Gasteiger partial charge >= 0.3 is 0 Å². The van der Waals surface area contributed by atoms with Crippen molar-refractivity contribution in [2.75, 3.05) is 20.3 Å². The van der Waals surface area contributed by atoms with Crippen LogP contribution in [0.2, 0.25) is 0 Å². The van der Waals surface area contributed by atoms with Crippen LogP contribution in [0, 0.1) is 0 Å². The largest absolute Gasteiger partial charge is 0.497 e. The van der Waals surface area contributed by atoms with Crippen molar-refractivity contribution in [2.45, 2.75) is 31.7 Å². The number of hydrogen-bond donors (Lipinski definition) is 2. The Morgan fingerprint density at radius 2 is 2.29 bits per heavy atom. The van der Waals surface area contributed by atoms with Crippen molar-refractivity contribution in [1.82, 2.24) is 5.32 Å². The molecule has 0 saturated carbocycles. The van der Waals surface area contributed by atoms with Gasteiger partial charge in [-0.25, -0.2) is 0 Å². The van der Waals surface area contributed by atoms with Gasteiger partial charge in [0, 0.05) is 12.1 Å². The molecular formula is C14H21NO2. The van der Waals surface area contributed by atoms with Crippen LogP contribution >= 0.6 is 0 Å². The van der Waals surface area contributed by atoms with E-state index in [2.05, 4.69) is 24.4 Å². The molecular weight excluding hydrogens is 214 g/mol. The second-order valence-corrected chi connectivity index (χ2v) is 4.61. The minimum Gasteiger partial charge on any atom is -0.497 e. The molecule has 0 bridgehead atoms. The number of aliphatic hydroxyl groups excluding tert-OH is 1. The zero-order valence-electron chi connectivity index (χ0n) is 10.6. The highest BCUT2D eigenvalue weighted by molar-refractivity contribution is 5.44. The third-order valence-corrected chi connectivity index (χ3v) is 3.71. The molecule has 0 heterocycles. The summed E-state index contributed by atoms with van der Waals surface area (Å²) in [6.07, 6.45) is 2.90. The van der Waals surface area contributed by atoms with Gasteiger partial charge < -0.3 is 15.2 Å². The fourth-order valence-electron chi connectivity index (χ4n) is 2.89. The van der Waals surface area contributed by atoms with Gasteiger partial charge in [-0.2, -0.15) is 0 Å². The molecule has 3 nitrogen and oxygen atoms in total. The number of fused-ring (bicyclic) bond motifs is 1. The molecule has 17 heavy (non-hydrogen) atoms. The number of ether oxygens (including phenoxy) is 1. The quantitative estimate of drug-likeness (QED) is 0.818. The molecule has 2 N–H and O–H groups in total. The molecule has 1 unspecified atom stereocenters. The summed E-state index contributed by atoms with van der Waals surface area (Å²) < 4.78 is 5.30. The highest BCUT2D eigenvalue weighted by atomic mass is 16.5. The SMILES string of the molecule is CCNC1(CCO)CCc2ccc(OC)cc21. The summed E-state index contributed by atoms with van der Waals surface area (Å²) in [4.78, 5) is 0. The molecule has 0 radical (unpaired) electrons. The maximum absolute atomic E-state index is 9.30. The summed E-state index contributed by atoms with van der Waals surface area (Å²) in [5, 5.41) is 12.9. The average molecular weight is 235 g/mol. The molecule has 1 aliphatic carbocycles. The van der Waals surface area contributed by atoms with Crippen molar-refractivity contribution in [1.29, 1.82) is 0 Å². The van der Waals surface area contributed by atoms with E-state index in [0.717, 1.165) is 31.6 Å². The second-order valence-electron chi connectivity index (χ2n) is 4.61. The van der Waals surface area contributed by atoms with Crippen molar-refractivity contribution >= 4 is 0 Å². The summed E-state index contributed by atoms with van der Waals surface area (Å²) in [6.45, 7) is 3.23. The lowest BCUT2D eigenvalue weighted by Gasteiger charge is -2.31. The minimum atomic E-state index is -0.0621. The topological polar surface area (TPSA) is 41.5 Å². The molecule has 0 saturated heterocycles. The lowest BCUT2D eigenvalue weighted by atomic mass is 9.88. The summed E-state index contributed by atoms with van der Waals surface area (Å²) >= 11 is 0. The zero-order chi connectivity index (χ0) is 12.3. The van der Waals surface area contributed by atoms with Crippen LogP contribution in [0.1, 0.15) is 30.9 Å². The monoisotopic (exact) mass is 235 g/mol. The smallest absolute Gasteiger partial charge is 0.119 e. The molecule has 0 aliphatic heterocycles. The Hall–Kier alpha value is -1.06. The first-order valence-electron chi connectivity index (χ1n) is 6.29. The highest BCUT2D eigenvalue weighted by Gasteiger charge is 2.37. The van der Waals surface area contributed by atoms with Crippen molar-refractivity contribution in [3.63, 3.8) is 0 Å². The molecule has 1 aromatic rings. The van der Waals surface area contributed by atoms with Crippen LogP contribution in [0.25, 0.3) is 0 Å². The van der Waals surface area contributed by atoms with Gasteiger partial charge in [-0.3, -0.25) is 0 Å². The Labute approximate surface area is 103 Å². The van der Waals surface area contributed by atoms with Gasteiger partial charge in [-0.15, -0.1) is 0 Å². The first-order chi connectivity index (χ1) is 8.25. The molecule has 1 aliphatic rings. The molecule has 0 amide bonds. The molecule has 94 valence electrons. The number of rotatable bonds is 5. The van der Waals surface area contributed by atoms with E-state index in [-0.39, 0.29) is 12.1 Å². The predicted octanol–water partition coefficient (Wildman–Crippen LogP) is 1.83. The molecule has 0 fully saturated rings. The third-order valence-electron chi connectivity index (χ3n) is 3.71. The summed E-state index contributed by atoms with van der Waals surface area (Å²) in [6, 6.07) is 6.27. The average Bonchev–Trinajstić information content (AvgIpc) is 2.69. The fraction of sp³-hybridized carbons (Fsp3) is 0.571. The normalized spacial score (nSPS) is 22.5. The molecule has 0 spiro atoms. The standard InChI is InChI=1S/C14H21NO2/c1-3-15-14(8-9-16)7-6-11-4-5-12(17-2)10-13(11)14/h4-5,10,15-16H,3,6-9H2,1-2H3. The van der Waals surface area contributed by atoms with E-state index in [1.807, 2.05) is 6.07 Å². The first-order valence-corrected chi connectivity index (χ1v) is 6.29. The van der Waals surface area contributed by atoms with Gasteiger partial charge in [-0.1, -0.05) is 13.0 Å². The Bertz CT molecular complexity index is 378. The maximum Gasteiger partial charge on any atom is 0.119 e.